The van der Waals surface area contributed by atoms with E-state index in [2.05, 4.69) is 20.8 Å². The van der Waals surface area contributed by atoms with Crippen LogP contribution in [0.5, 0.6) is 0 Å². The van der Waals surface area contributed by atoms with E-state index in [1.807, 2.05) is 58.9 Å². The number of benzene rings is 1. The van der Waals surface area contributed by atoms with Gasteiger partial charge in [-0.25, -0.2) is 0 Å². The van der Waals surface area contributed by atoms with E-state index >= 15 is 0 Å². The molecule has 0 bridgehead atoms. The van der Waals surface area contributed by atoms with E-state index in [9.17, 15) is 4.79 Å². The molecule has 5 nitrogen and oxygen atoms in total. The molecule has 2 N–H and O–H groups in total. The fraction of sp³-hybridized carbons (Fsp3) is 0.438. The van der Waals surface area contributed by atoms with Gasteiger partial charge in [-0.2, -0.15) is 0 Å². The fourth-order valence-corrected chi connectivity index (χ4v) is 3.66. The van der Waals surface area contributed by atoms with E-state index in [4.69, 9.17) is 0 Å². The predicted molar refractivity (Wildman–Crippen MR) is 97.6 cm³/mol. The Bertz CT molecular complexity index is 661. The lowest BCUT2D eigenvalue weighted by Crippen LogP contribution is -2.44. The molecule has 2 rings (SSSR count). The molecule has 0 saturated heterocycles. The van der Waals surface area contributed by atoms with Crippen molar-refractivity contribution in [1.29, 1.82) is 0 Å². The largest absolute Gasteiger partial charge is 0.351 e. The van der Waals surface area contributed by atoms with Gasteiger partial charge in [-0.1, -0.05) is 40.8 Å². The van der Waals surface area contributed by atoms with Crippen molar-refractivity contribution in [2.45, 2.75) is 49.7 Å². The lowest BCUT2D eigenvalue weighted by atomic mass is 10.1. The predicted octanol–water partition coefficient (Wildman–Crippen LogP) is 3.99. The van der Waals surface area contributed by atoms with Crippen LogP contribution in [0.25, 0.3) is 0 Å². The third-order valence-electron chi connectivity index (χ3n) is 2.85. The molecule has 7 heteroatoms. The van der Waals surface area contributed by atoms with Gasteiger partial charge in [0.25, 0.3) is 0 Å². The van der Waals surface area contributed by atoms with Gasteiger partial charge in [-0.05, 0) is 46.8 Å². The average Bonchev–Trinajstić information content (AvgIpc) is 2.86. The van der Waals surface area contributed by atoms with Crippen molar-refractivity contribution in [1.82, 2.24) is 15.5 Å². The highest BCUT2D eigenvalue weighted by Crippen LogP contribution is 2.30. The van der Waals surface area contributed by atoms with Gasteiger partial charge in [0, 0.05) is 11.2 Å². The third-order valence-corrected chi connectivity index (χ3v) is 4.88. The van der Waals surface area contributed by atoms with E-state index in [-0.39, 0.29) is 16.7 Å². The molecule has 2 aromatic rings. The summed E-state index contributed by atoms with van der Waals surface area (Å²) in [5, 5.41) is 15.0. The second-order valence-electron chi connectivity index (χ2n) is 6.36. The number of thioether (sulfide) groups is 1. The quantitative estimate of drug-likeness (QED) is 0.798. The molecular formula is C16H22N4OS2. The topological polar surface area (TPSA) is 66.9 Å². The maximum atomic E-state index is 12.1. The van der Waals surface area contributed by atoms with E-state index in [0.29, 0.717) is 0 Å². The first-order valence-corrected chi connectivity index (χ1v) is 9.08. The molecule has 0 aliphatic heterocycles. The molecule has 0 radical (unpaired) electrons. The first-order chi connectivity index (χ1) is 10.7. The number of aromatic nitrogens is 2. The molecule has 0 spiro atoms. The molecule has 0 aliphatic rings. The molecule has 1 atom stereocenters. The van der Waals surface area contributed by atoms with Crippen LogP contribution >= 0.6 is 23.1 Å². The zero-order chi connectivity index (χ0) is 17.0. The van der Waals surface area contributed by atoms with Crippen LogP contribution in [-0.4, -0.2) is 26.9 Å². The van der Waals surface area contributed by atoms with Gasteiger partial charge in [-0.15, -0.1) is 10.2 Å². The van der Waals surface area contributed by atoms with Crippen molar-refractivity contribution in [3.8, 4) is 0 Å². The number of rotatable bonds is 5. The Balaban J connectivity index is 1.94. The number of hydrogen-bond donors (Lipinski definition) is 2. The molecule has 0 fully saturated rings. The summed E-state index contributed by atoms with van der Waals surface area (Å²) in [4.78, 5) is 12.1. The molecule has 23 heavy (non-hydrogen) atoms. The lowest BCUT2D eigenvalue weighted by Gasteiger charge is -2.22. The summed E-state index contributed by atoms with van der Waals surface area (Å²) >= 11 is 2.86. The van der Waals surface area contributed by atoms with E-state index in [1.165, 1.54) is 28.7 Å². The average molecular weight is 351 g/mol. The third kappa shape index (κ3) is 5.84. The number of hydrogen-bond acceptors (Lipinski definition) is 6. The van der Waals surface area contributed by atoms with Crippen LogP contribution in [0.2, 0.25) is 0 Å². The van der Waals surface area contributed by atoms with Crippen LogP contribution in [-0.2, 0) is 4.79 Å². The van der Waals surface area contributed by atoms with Crippen LogP contribution < -0.4 is 10.6 Å². The Kier molecular flexibility index (Phi) is 5.64. The van der Waals surface area contributed by atoms with Gasteiger partial charge in [0.05, 0.1) is 5.25 Å². The lowest BCUT2D eigenvalue weighted by molar-refractivity contribution is -0.121. The summed E-state index contributed by atoms with van der Waals surface area (Å²) in [7, 11) is 0. The van der Waals surface area contributed by atoms with Gasteiger partial charge < -0.3 is 10.6 Å². The number of amides is 1. The number of anilines is 2. The summed E-state index contributed by atoms with van der Waals surface area (Å²) in [6.45, 7) is 9.83. The molecule has 1 amide bonds. The van der Waals surface area contributed by atoms with Gasteiger partial charge in [-0.3, -0.25) is 4.79 Å². The first-order valence-electron chi connectivity index (χ1n) is 7.39. The van der Waals surface area contributed by atoms with Gasteiger partial charge in [0.2, 0.25) is 11.0 Å². The zero-order valence-corrected chi connectivity index (χ0v) is 15.6. The highest BCUT2D eigenvalue weighted by atomic mass is 32.2. The second kappa shape index (κ2) is 7.31. The minimum Gasteiger partial charge on any atom is -0.351 e. The van der Waals surface area contributed by atoms with E-state index in [1.54, 1.807) is 0 Å². The standard InChI is InChI=1S/C16H22N4OS2/c1-10-6-8-12(9-7-10)17-14-19-20-15(23-14)22-11(2)13(21)18-16(3,4)5/h6-9,11H,1-5H3,(H,17,19)(H,18,21). The van der Waals surface area contributed by atoms with Crippen molar-refractivity contribution in [3.05, 3.63) is 29.8 Å². The maximum Gasteiger partial charge on any atom is 0.233 e. The van der Waals surface area contributed by atoms with Crippen LogP contribution in [0.15, 0.2) is 28.6 Å². The monoisotopic (exact) mass is 350 g/mol. The Morgan fingerprint density at radius 2 is 1.87 bits per heavy atom. The van der Waals surface area contributed by atoms with Crippen LogP contribution in [0, 0.1) is 6.92 Å². The minimum atomic E-state index is -0.231. The number of nitrogens with one attached hydrogen (secondary N) is 2. The smallest absolute Gasteiger partial charge is 0.233 e. The number of nitrogens with zero attached hydrogens (tertiary/aromatic N) is 2. The van der Waals surface area contributed by atoms with Gasteiger partial charge >= 0.3 is 0 Å². The van der Waals surface area contributed by atoms with Crippen molar-refractivity contribution in [2.24, 2.45) is 0 Å². The number of aryl methyl sites for hydroxylation is 1. The summed E-state index contributed by atoms with van der Waals surface area (Å²) in [5.41, 5.74) is 1.95. The maximum absolute atomic E-state index is 12.1. The molecule has 1 aromatic carbocycles. The van der Waals surface area contributed by atoms with Crippen molar-refractivity contribution in [3.63, 3.8) is 0 Å². The van der Waals surface area contributed by atoms with Gasteiger partial charge in [0.15, 0.2) is 4.34 Å². The summed E-state index contributed by atoms with van der Waals surface area (Å²) in [6, 6.07) is 8.09. The molecule has 124 valence electrons. The number of carbonyl (C=O) groups is 1. The van der Waals surface area contributed by atoms with E-state index < -0.39 is 0 Å². The van der Waals surface area contributed by atoms with Crippen LogP contribution in [0.1, 0.15) is 33.3 Å². The minimum absolute atomic E-state index is 0.00532. The second-order valence-corrected chi connectivity index (χ2v) is 8.93. The SMILES string of the molecule is Cc1ccc(Nc2nnc(SC(C)C(=O)NC(C)(C)C)s2)cc1. The van der Waals surface area contributed by atoms with Crippen molar-refractivity contribution in [2.75, 3.05) is 5.32 Å². The molecule has 1 heterocycles. The molecular weight excluding hydrogens is 328 g/mol. The van der Waals surface area contributed by atoms with Gasteiger partial charge in [0.1, 0.15) is 0 Å². The van der Waals surface area contributed by atoms with Crippen LogP contribution in [0.4, 0.5) is 10.8 Å². The molecule has 1 aromatic heterocycles. The summed E-state index contributed by atoms with van der Waals surface area (Å²) in [5.74, 6) is 0.00532. The molecule has 0 saturated carbocycles. The highest BCUT2D eigenvalue weighted by Gasteiger charge is 2.21. The molecule has 0 aliphatic carbocycles. The summed E-state index contributed by atoms with van der Waals surface area (Å²) < 4.78 is 0.774. The Labute approximate surface area is 145 Å². The van der Waals surface area contributed by atoms with Crippen LogP contribution in [0.3, 0.4) is 0 Å². The first kappa shape index (κ1) is 17.7. The molecule has 1 unspecified atom stereocenters. The summed E-state index contributed by atoms with van der Waals surface area (Å²) in [6.07, 6.45) is 0. The van der Waals surface area contributed by atoms with Crippen molar-refractivity contribution >= 4 is 39.8 Å². The Morgan fingerprint density at radius 1 is 1.22 bits per heavy atom. The normalized spacial score (nSPS) is 12.7. The highest BCUT2D eigenvalue weighted by molar-refractivity contribution is 8.02. The Hall–Kier alpha value is -1.60. The zero-order valence-electron chi connectivity index (χ0n) is 14.0. The van der Waals surface area contributed by atoms with Crippen molar-refractivity contribution < 1.29 is 4.79 Å². The Morgan fingerprint density at radius 3 is 2.48 bits per heavy atom. The van der Waals surface area contributed by atoms with E-state index in [0.717, 1.165) is 15.2 Å². The number of carbonyl (C=O) groups excluding carboxylic acids is 1. The fourth-order valence-electron chi connectivity index (χ4n) is 1.74.